The van der Waals surface area contributed by atoms with Crippen molar-refractivity contribution < 1.29 is 0 Å². The monoisotopic (exact) mass is 873 g/mol. The molecule has 9 aromatic carbocycles. The van der Waals surface area contributed by atoms with Gasteiger partial charge in [-0.1, -0.05) is 184 Å². The Morgan fingerprint density at radius 1 is 0.324 bits per heavy atom. The molecule has 0 aliphatic heterocycles. The second-order valence-corrected chi connectivity index (χ2v) is 21.3. The van der Waals surface area contributed by atoms with E-state index in [9.17, 15) is 0 Å². The molecule has 1 spiro atoms. The summed E-state index contributed by atoms with van der Waals surface area (Å²) in [5.41, 5.74) is 25.2. The molecule has 0 saturated heterocycles. The number of rotatable bonds is 7. The summed E-state index contributed by atoms with van der Waals surface area (Å²) in [7, 11) is 0. The molecular weight excluding hydrogens is 819 g/mol. The molecule has 4 fully saturated rings. The van der Waals surface area contributed by atoms with Crippen LogP contribution >= 0.6 is 0 Å². The van der Waals surface area contributed by atoms with Crippen molar-refractivity contribution in [2.75, 3.05) is 4.90 Å². The van der Waals surface area contributed by atoms with Gasteiger partial charge in [-0.2, -0.15) is 0 Å². The molecule has 0 heterocycles. The van der Waals surface area contributed by atoms with Crippen LogP contribution in [0.2, 0.25) is 0 Å². The molecule has 1 heteroatoms. The Morgan fingerprint density at radius 2 is 0.824 bits per heavy atom. The van der Waals surface area contributed by atoms with Crippen LogP contribution in [-0.4, -0.2) is 0 Å². The minimum absolute atomic E-state index is 0.116. The summed E-state index contributed by atoms with van der Waals surface area (Å²) in [6.45, 7) is 4.89. The van der Waals surface area contributed by atoms with Crippen LogP contribution in [0.25, 0.3) is 66.8 Å². The van der Waals surface area contributed by atoms with E-state index in [2.05, 4.69) is 231 Å². The lowest BCUT2D eigenvalue weighted by Crippen LogP contribution is -2.55. The van der Waals surface area contributed by atoms with E-state index in [1.165, 1.54) is 110 Å². The average molecular weight is 874 g/mol. The Labute approximate surface area is 401 Å². The minimum atomic E-state index is -0.166. The van der Waals surface area contributed by atoms with Gasteiger partial charge in [-0.3, -0.25) is 0 Å². The van der Waals surface area contributed by atoms with E-state index in [1.807, 2.05) is 0 Å². The van der Waals surface area contributed by atoms with Gasteiger partial charge in [0.05, 0.1) is 0 Å². The fourth-order valence-electron chi connectivity index (χ4n) is 14.8. The third kappa shape index (κ3) is 5.87. The molecule has 0 radical (unpaired) electrons. The Bertz CT molecular complexity index is 3390. The van der Waals surface area contributed by atoms with Crippen LogP contribution in [0.5, 0.6) is 0 Å². The fourth-order valence-corrected chi connectivity index (χ4v) is 14.8. The van der Waals surface area contributed by atoms with E-state index in [-0.39, 0.29) is 10.8 Å². The van der Waals surface area contributed by atoms with Crippen molar-refractivity contribution in [3.63, 3.8) is 0 Å². The van der Waals surface area contributed by atoms with E-state index in [1.54, 1.807) is 11.1 Å². The fraction of sp³-hybridized carbons (Fsp3) is 0.194. The van der Waals surface area contributed by atoms with E-state index >= 15 is 0 Å². The number of nitrogens with zero attached hydrogens (tertiary/aromatic N) is 1. The topological polar surface area (TPSA) is 3.24 Å². The molecule has 0 aromatic heterocycles. The first kappa shape index (κ1) is 39.9. The lowest BCUT2D eigenvalue weighted by atomic mass is 9.42. The molecule has 0 N–H and O–H groups in total. The molecule has 4 bridgehead atoms. The van der Waals surface area contributed by atoms with Crippen LogP contribution in [0.1, 0.15) is 68.2 Å². The Kier molecular flexibility index (Phi) is 8.89. The van der Waals surface area contributed by atoms with Gasteiger partial charge in [0.25, 0.3) is 0 Å². The van der Waals surface area contributed by atoms with Gasteiger partial charge in [0, 0.05) is 27.9 Å². The molecule has 0 amide bonds. The largest absolute Gasteiger partial charge is 0.310 e. The standard InChI is InChI=1S/C67H55N/c1-66(2)62-34-31-54(68(52-28-25-46(26-29-52)45-15-6-3-7-16-45)53-30-33-55(47-17-8-4-9-18-47)60(41-53)48-19-10-5-11-20-48)42-61(62)58-32-27-49(40-64(58)66)56-22-14-23-59-57-21-12-13-24-63(57)67(65(56)59)50-36-43-35-44(38-50)39-51(67)37-43/h3-34,40-44,50-51H,35-39H2,1-2H3. The van der Waals surface area contributed by atoms with E-state index in [0.717, 1.165) is 40.7 Å². The first-order valence-corrected chi connectivity index (χ1v) is 25.2. The smallest absolute Gasteiger partial charge is 0.0468 e. The van der Waals surface area contributed by atoms with Gasteiger partial charge in [0.1, 0.15) is 0 Å². The molecular formula is C67H55N. The number of benzene rings is 9. The summed E-state index contributed by atoms with van der Waals surface area (Å²) >= 11 is 0. The predicted molar refractivity (Wildman–Crippen MR) is 284 cm³/mol. The molecule has 1 nitrogen and oxygen atoms in total. The van der Waals surface area contributed by atoms with E-state index in [0.29, 0.717) is 0 Å². The van der Waals surface area contributed by atoms with Crippen LogP contribution in [0.3, 0.4) is 0 Å². The maximum Gasteiger partial charge on any atom is 0.0468 e. The van der Waals surface area contributed by atoms with Crippen molar-refractivity contribution in [2.45, 2.75) is 56.8 Å². The van der Waals surface area contributed by atoms with E-state index in [4.69, 9.17) is 0 Å². The molecule has 0 unspecified atom stereocenters. The molecule has 68 heavy (non-hydrogen) atoms. The van der Waals surface area contributed by atoms with Gasteiger partial charge in [-0.25, -0.2) is 0 Å². The maximum absolute atomic E-state index is 2.59. The summed E-state index contributed by atoms with van der Waals surface area (Å²) in [5.74, 6) is 3.29. The van der Waals surface area contributed by atoms with Gasteiger partial charge < -0.3 is 4.90 Å². The Hall–Kier alpha value is -7.22. The summed E-state index contributed by atoms with van der Waals surface area (Å²) in [6, 6.07) is 80.1. The van der Waals surface area contributed by atoms with Crippen molar-refractivity contribution in [2.24, 2.45) is 23.7 Å². The third-order valence-corrected chi connectivity index (χ3v) is 17.5. The zero-order valence-electron chi connectivity index (χ0n) is 39.0. The highest BCUT2D eigenvalue weighted by Gasteiger charge is 2.62. The highest BCUT2D eigenvalue weighted by atomic mass is 15.1. The van der Waals surface area contributed by atoms with Crippen LogP contribution in [-0.2, 0) is 10.8 Å². The highest BCUT2D eigenvalue weighted by Crippen LogP contribution is 2.70. The zero-order chi connectivity index (χ0) is 45.1. The Morgan fingerprint density at radius 3 is 1.51 bits per heavy atom. The lowest BCUT2D eigenvalue weighted by molar-refractivity contribution is -0.0397. The number of hydrogen-bond acceptors (Lipinski definition) is 1. The molecule has 328 valence electrons. The predicted octanol–water partition coefficient (Wildman–Crippen LogP) is 17.9. The number of hydrogen-bond donors (Lipinski definition) is 0. The number of anilines is 3. The van der Waals surface area contributed by atoms with Crippen molar-refractivity contribution >= 4 is 17.1 Å². The summed E-state index contributed by atoms with van der Waals surface area (Å²) < 4.78 is 0. The lowest BCUT2D eigenvalue weighted by Gasteiger charge is -2.61. The van der Waals surface area contributed by atoms with Crippen molar-refractivity contribution in [3.05, 3.63) is 235 Å². The second kappa shape index (κ2) is 15.1. The molecule has 6 aliphatic carbocycles. The van der Waals surface area contributed by atoms with Crippen molar-refractivity contribution in [3.8, 4) is 66.8 Å². The Balaban J connectivity index is 0.909. The quantitative estimate of drug-likeness (QED) is 0.154. The van der Waals surface area contributed by atoms with E-state index < -0.39 is 0 Å². The molecule has 15 rings (SSSR count). The average Bonchev–Trinajstić information content (AvgIpc) is 3.81. The van der Waals surface area contributed by atoms with Crippen molar-refractivity contribution in [1.29, 1.82) is 0 Å². The van der Waals surface area contributed by atoms with Gasteiger partial charge in [0.2, 0.25) is 0 Å². The maximum atomic E-state index is 2.59. The molecule has 0 atom stereocenters. The van der Waals surface area contributed by atoms with Crippen LogP contribution in [0, 0.1) is 23.7 Å². The summed E-state index contributed by atoms with van der Waals surface area (Å²) in [5, 5.41) is 0. The van der Waals surface area contributed by atoms with Gasteiger partial charge in [-0.15, -0.1) is 0 Å². The first-order chi connectivity index (χ1) is 33.4. The molecule has 9 aromatic rings. The normalized spacial score (nSPS) is 21.9. The third-order valence-electron chi connectivity index (χ3n) is 17.5. The number of fused-ring (bicyclic) bond motifs is 6. The van der Waals surface area contributed by atoms with Gasteiger partial charge >= 0.3 is 0 Å². The SMILES string of the molecule is CC1(C)c2ccc(N(c3ccc(-c4ccccc4)cc3)c3ccc(-c4ccccc4)c(-c4ccccc4)c3)cc2-c2ccc(-c3cccc4c3C3(c5ccccc5-4)C4CC5CC(C4)CC3C5)cc21. The van der Waals surface area contributed by atoms with Crippen LogP contribution in [0.15, 0.2) is 212 Å². The minimum Gasteiger partial charge on any atom is -0.310 e. The highest BCUT2D eigenvalue weighted by molar-refractivity contribution is 5.94. The molecule has 6 aliphatic rings. The zero-order valence-corrected chi connectivity index (χ0v) is 39.0. The van der Waals surface area contributed by atoms with Crippen molar-refractivity contribution in [1.82, 2.24) is 0 Å². The van der Waals surface area contributed by atoms with Crippen LogP contribution < -0.4 is 4.90 Å². The molecule has 4 saturated carbocycles. The van der Waals surface area contributed by atoms with Gasteiger partial charge in [-0.05, 0) is 187 Å². The summed E-state index contributed by atoms with van der Waals surface area (Å²) in [4.78, 5) is 2.46. The van der Waals surface area contributed by atoms with Crippen LogP contribution in [0.4, 0.5) is 17.1 Å². The second-order valence-electron chi connectivity index (χ2n) is 21.3. The van der Waals surface area contributed by atoms with Gasteiger partial charge in [0.15, 0.2) is 0 Å². The summed E-state index contributed by atoms with van der Waals surface area (Å²) in [6.07, 6.45) is 7.03. The first-order valence-electron chi connectivity index (χ1n) is 25.2.